The van der Waals surface area contributed by atoms with Crippen LogP contribution in [0.25, 0.3) is 0 Å². The SMILES string of the molecule is CCCCCCCc1ccc(OC(=O)CCCCCC)c(OC(=O)CCCCCC)c1. The number of carbonyl (C=O) groups excluding carboxylic acids is 2. The molecular weight excluding hydrogens is 388 g/mol. The highest BCUT2D eigenvalue weighted by Crippen LogP contribution is 2.30. The average molecular weight is 433 g/mol. The Labute approximate surface area is 190 Å². The molecule has 0 heterocycles. The minimum Gasteiger partial charge on any atom is -0.423 e. The van der Waals surface area contributed by atoms with Crippen molar-refractivity contribution in [1.82, 2.24) is 0 Å². The second kappa shape index (κ2) is 17.8. The topological polar surface area (TPSA) is 52.6 Å². The predicted molar refractivity (Wildman–Crippen MR) is 128 cm³/mol. The molecule has 0 aliphatic carbocycles. The molecule has 0 radical (unpaired) electrons. The summed E-state index contributed by atoms with van der Waals surface area (Å²) < 4.78 is 11.2. The lowest BCUT2D eigenvalue weighted by atomic mass is 10.0. The highest BCUT2D eigenvalue weighted by molar-refractivity contribution is 5.76. The van der Waals surface area contributed by atoms with Gasteiger partial charge in [0, 0.05) is 12.8 Å². The lowest BCUT2D eigenvalue weighted by Gasteiger charge is -2.13. The second-order valence-electron chi connectivity index (χ2n) is 8.51. The number of hydrogen-bond acceptors (Lipinski definition) is 4. The molecule has 0 aromatic heterocycles. The van der Waals surface area contributed by atoms with Gasteiger partial charge in [-0.3, -0.25) is 9.59 Å². The first-order chi connectivity index (χ1) is 15.1. The highest BCUT2D eigenvalue weighted by Gasteiger charge is 2.15. The first kappa shape index (κ1) is 27.2. The van der Waals surface area contributed by atoms with Gasteiger partial charge in [-0.15, -0.1) is 0 Å². The highest BCUT2D eigenvalue weighted by atomic mass is 16.6. The molecule has 1 rings (SSSR count). The van der Waals surface area contributed by atoms with Gasteiger partial charge < -0.3 is 9.47 Å². The summed E-state index contributed by atoms with van der Waals surface area (Å²) in [4.78, 5) is 24.6. The molecule has 1 aromatic rings. The zero-order valence-corrected chi connectivity index (χ0v) is 20.2. The Kier molecular flexibility index (Phi) is 15.6. The van der Waals surface area contributed by atoms with Gasteiger partial charge >= 0.3 is 11.9 Å². The molecular formula is C27H44O4. The molecule has 176 valence electrons. The van der Waals surface area contributed by atoms with E-state index in [2.05, 4.69) is 20.8 Å². The fourth-order valence-electron chi connectivity index (χ4n) is 3.54. The van der Waals surface area contributed by atoms with Crippen LogP contribution in [0.2, 0.25) is 0 Å². The van der Waals surface area contributed by atoms with Crippen LogP contribution in [0.4, 0.5) is 0 Å². The lowest BCUT2D eigenvalue weighted by Crippen LogP contribution is -2.12. The molecule has 0 spiro atoms. The number of aryl methyl sites for hydroxylation is 1. The van der Waals surface area contributed by atoms with Crippen LogP contribution in [0.15, 0.2) is 18.2 Å². The first-order valence-electron chi connectivity index (χ1n) is 12.6. The van der Waals surface area contributed by atoms with E-state index in [1.54, 1.807) is 6.07 Å². The number of carbonyl (C=O) groups is 2. The van der Waals surface area contributed by atoms with E-state index in [0.717, 1.165) is 69.8 Å². The predicted octanol–water partition coefficient (Wildman–Crippen LogP) is 7.95. The molecule has 0 saturated carbocycles. The average Bonchev–Trinajstić information content (AvgIpc) is 2.76. The van der Waals surface area contributed by atoms with Crippen molar-refractivity contribution in [3.8, 4) is 11.5 Å². The molecule has 0 bridgehead atoms. The number of ether oxygens (including phenoxy) is 2. The monoisotopic (exact) mass is 432 g/mol. The van der Waals surface area contributed by atoms with Crippen molar-refractivity contribution in [2.45, 2.75) is 124 Å². The van der Waals surface area contributed by atoms with Crippen LogP contribution in [-0.2, 0) is 16.0 Å². The molecule has 0 aliphatic rings. The normalized spacial score (nSPS) is 10.8. The van der Waals surface area contributed by atoms with Crippen molar-refractivity contribution < 1.29 is 19.1 Å². The molecule has 0 N–H and O–H groups in total. The van der Waals surface area contributed by atoms with E-state index in [9.17, 15) is 9.59 Å². The summed E-state index contributed by atoms with van der Waals surface area (Å²) in [6.45, 7) is 6.51. The van der Waals surface area contributed by atoms with Crippen LogP contribution in [0.1, 0.15) is 123 Å². The Balaban J connectivity index is 2.71. The number of unbranched alkanes of at least 4 members (excludes halogenated alkanes) is 10. The van der Waals surface area contributed by atoms with Crippen LogP contribution < -0.4 is 9.47 Å². The van der Waals surface area contributed by atoms with Gasteiger partial charge in [0.1, 0.15) is 0 Å². The maximum Gasteiger partial charge on any atom is 0.311 e. The van der Waals surface area contributed by atoms with Crippen LogP contribution in [0.3, 0.4) is 0 Å². The summed E-state index contributed by atoms with van der Waals surface area (Å²) in [5.74, 6) is 0.227. The minimum absolute atomic E-state index is 0.253. The van der Waals surface area contributed by atoms with E-state index in [4.69, 9.17) is 9.47 Å². The van der Waals surface area contributed by atoms with Crippen LogP contribution in [0.5, 0.6) is 11.5 Å². The molecule has 0 fully saturated rings. The lowest BCUT2D eigenvalue weighted by molar-refractivity contribution is -0.137. The number of benzene rings is 1. The molecule has 31 heavy (non-hydrogen) atoms. The van der Waals surface area contributed by atoms with Gasteiger partial charge in [0.2, 0.25) is 0 Å². The van der Waals surface area contributed by atoms with Crippen molar-refractivity contribution >= 4 is 11.9 Å². The van der Waals surface area contributed by atoms with Gasteiger partial charge in [-0.25, -0.2) is 0 Å². The van der Waals surface area contributed by atoms with Gasteiger partial charge in [0.15, 0.2) is 11.5 Å². The standard InChI is InChI=1S/C27H44O4/c1-4-7-10-13-14-17-23-20-21-24(30-26(28)18-15-11-8-5-2)25(22-23)31-27(29)19-16-12-9-6-3/h20-22H,4-19H2,1-3H3. The van der Waals surface area contributed by atoms with Gasteiger partial charge in [-0.1, -0.05) is 91.0 Å². The molecule has 4 nitrogen and oxygen atoms in total. The van der Waals surface area contributed by atoms with Gasteiger partial charge in [0.05, 0.1) is 0 Å². The van der Waals surface area contributed by atoms with Crippen LogP contribution in [0, 0.1) is 0 Å². The van der Waals surface area contributed by atoms with Crippen LogP contribution in [-0.4, -0.2) is 11.9 Å². The first-order valence-corrected chi connectivity index (χ1v) is 12.6. The summed E-state index contributed by atoms with van der Waals surface area (Å²) in [7, 11) is 0. The zero-order valence-electron chi connectivity index (χ0n) is 20.2. The number of esters is 2. The Bertz CT molecular complexity index is 624. The van der Waals surface area contributed by atoms with Crippen molar-refractivity contribution in [2.24, 2.45) is 0 Å². The summed E-state index contributed by atoms with van der Waals surface area (Å²) in [6, 6.07) is 5.65. The molecule has 0 amide bonds. The summed E-state index contributed by atoms with van der Waals surface area (Å²) in [6.07, 6.45) is 16.0. The third-order valence-corrected chi connectivity index (χ3v) is 5.49. The number of hydrogen-bond donors (Lipinski definition) is 0. The largest absolute Gasteiger partial charge is 0.423 e. The van der Waals surface area contributed by atoms with E-state index >= 15 is 0 Å². The van der Waals surface area contributed by atoms with Crippen molar-refractivity contribution in [2.75, 3.05) is 0 Å². The maximum absolute atomic E-state index is 12.3. The second-order valence-corrected chi connectivity index (χ2v) is 8.51. The Morgan fingerprint density at radius 1 is 0.613 bits per heavy atom. The third kappa shape index (κ3) is 13.2. The fourth-order valence-corrected chi connectivity index (χ4v) is 3.54. The van der Waals surface area contributed by atoms with E-state index in [1.807, 2.05) is 12.1 Å². The summed E-state index contributed by atoms with van der Waals surface area (Å²) in [5, 5.41) is 0. The van der Waals surface area contributed by atoms with Crippen molar-refractivity contribution in [3.63, 3.8) is 0 Å². The molecule has 4 heteroatoms. The zero-order chi connectivity index (χ0) is 22.7. The quantitative estimate of drug-likeness (QED) is 0.134. The van der Waals surface area contributed by atoms with E-state index in [0.29, 0.717) is 24.3 Å². The molecule has 1 aromatic carbocycles. The molecule has 0 saturated heterocycles. The Morgan fingerprint density at radius 3 is 1.65 bits per heavy atom. The summed E-state index contributed by atoms with van der Waals surface area (Å²) in [5.41, 5.74) is 1.12. The van der Waals surface area contributed by atoms with Gasteiger partial charge in [-0.05, 0) is 43.4 Å². The fraction of sp³-hybridized carbons (Fsp3) is 0.704. The van der Waals surface area contributed by atoms with E-state index in [-0.39, 0.29) is 11.9 Å². The van der Waals surface area contributed by atoms with E-state index in [1.165, 1.54) is 25.7 Å². The molecule has 0 unspecified atom stereocenters. The van der Waals surface area contributed by atoms with Crippen LogP contribution >= 0.6 is 0 Å². The number of rotatable bonds is 18. The third-order valence-electron chi connectivity index (χ3n) is 5.49. The smallest absolute Gasteiger partial charge is 0.311 e. The minimum atomic E-state index is -0.260. The van der Waals surface area contributed by atoms with Crippen molar-refractivity contribution in [1.29, 1.82) is 0 Å². The summed E-state index contributed by atoms with van der Waals surface area (Å²) >= 11 is 0. The Morgan fingerprint density at radius 2 is 1.10 bits per heavy atom. The Hall–Kier alpha value is -1.84. The van der Waals surface area contributed by atoms with Gasteiger partial charge in [-0.2, -0.15) is 0 Å². The van der Waals surface area contributed by atoms with Crippen molar-refractivity contribution in [3.05, 3.63) is 23.8 Å². The maximum atomic E-state index is 12.3. The molecule has 0 aliphatic heterocycles. The molecule has 0 atom stereocenters. The van der Waals surface area contributed by atoms with E-state index < -0.39 is 0 Å². The van der Waals surface area contributed by atoms with Gasteiger partial charge in [0.25, 0.3) is 0 Å².